The Bertz CT molecular complexity index is 1250. The fourth-order valence-corrected chi connectivity index (χ4v) is 4.56. The quantitative estimate of drug-likeness (QED) is 0.254. The van der Waals surface area contributed by atoms with Crippen LogP contribution in [0.4, 0.5) is 4.79 Å². The maximum atomic E-state index is 13.2. The Kier molecular flexibility index (Phi) is 10.3. The van der Waals surface area contributed by atoms with Crippen molar-refractivity contribution in [1.82, 2.24) is 5.32 Å². The molecule has 0 fully saturated rings. The second kappa shape index (κ2) is 13.8. The molecule has 3 aromatic rings. The average molecular weight is 522 g/mol. The smallest absolute Gasteiger partial charge is 0.408 e. The van der Waals surface area contributed by atoms with Gasteiger partial charge in [0.05, 0.1) is 17.8 Å². The number of nitrogens with one attached hydrogen (secondary N) is 1. The highest BCUT2D eigenvalue weighted by Gasteiger charge is 2.31. The standard InChI is InChI=1S/C27H27N2O7P/c1-33-37(32,36-24-14-12-21(18-28)13-15-24)17-16-25(26(30)34-19-22-8-4-2-5-9-22)29-27(31)35-20-23-10-6-3-7-11-23/h2-15,25H,16-17,19-20H2,1H3,(H,29,31). The summed E-state index contributed by atoms with van der Waals surface area (Å²) in [5.74, 6) is -0.482. The molecule has 10 heteroatoms. The van der Waals surface area contributed by atoms with Crippen LogP contribution in [0.5, 0.6) is 5.75 Å². The van der Waals surface area contributed by atoms with Crippen LogP contribution < -0.4 is 9.84 Å². The number of benzene rings is 3. The van der Waals surface area contributed by atoms with E-state index < -0.39 is 25.7 Å². The fourth-order valence-electron chi connectivity index (χ4n) is 3.20. The Hall–Kier alpha value is -4.12. The van der Waals surface area contributed by atoms with Crippen molar-refractivity contribution in [2.24, 2.45) is 0 Å². The number of carbonyl (C=O) groups excluding carboxylic acids is 2. The predicted molar refractivity (Wildman–Crippen MR) is 136 cm³/mol. The number of ether oxygens (including phenoxy) is 2. The predicted octanol–water partition coefficient (Wildman–Crippen LogP) is 5.21. The molecule has 3 rings (SSSR count). The van der Waals surface area contributed by atoms with Crippen molar-refractivity contribution in [2.45, 2.75) is 25.7 Å². The number of nitriles is 1. The molecule has 0 spiro atoms. The highest BCUT2D eigenvalue weighted by Crippen LogP contribution is 2.48. The van der Waals surface area contributed by atoms with Gasteiger partial charge in [-0.05, 0) is 41.8 Å². The normalized spacial score (nSPS) is 12.9. The van der Waals surface area contributed by atoms with E-state index >= 15 is 0 Å². The summed E-state index contributed by atoms with van der Waals surface area (Å²) in [4.78, 5) is 25.3. The van der Waals surface area contributed by atoms with Crippen LogP contribution in [0.15, 0.2) is 84.9 Å². The third kappa shape index (κ3) is 9.12. The lowest BCUT2D eigenvalue weighted by molar-refractivity contribution is -0.147. The molecule has 2 atom stereocenters. The van der Waals surface area contributed by atoms with Gasteiger partial charge in [-0.1, -0.05) is 60.7 Å². The highest BCUT2D eigenvalue weighted by atomic mass is 31.2. The van der Waals surface area contributed by atoms with Gasteiger partial charge in [0, 0.05) is 7.11 Å². The molecular formula is C27H27N2O7P. The van der Waals surface area contributed by atoms with Crippen LogP contribution in [0.2, 0.25) is 0 Å². The van der Waals surface area contributed by atoms with Crippen molar-refractivity contribution in [3.63, 3.8) is 0 Å². The van der Waals surface area contributed by atoms with Crippen molar-refractivity contribution in [1.29, 1.82) is 5.26 Å². The van der Waals surface area contributed by atoms with Gasteiger partial charge in [0.2, 0.25) is 0 Å². The van der Waals surface area contributed by atoms with E-state index in [0.29, 0.717) is 5.56 Å². The molecule has 37 heavy (non-hydrogen) atoms. The summed E-state index contributed by atoms with van der Waals surface area (Å²) < 4.78 is 34.5. The minimum Gasteiger partial charge on any atom is -0.459 e. The molecule has 0 saturated carbocycles. The molecule has 3 aromatic carbocycles. The third-order valence-corrected chi connectivity index (χ3v) is 7.06. The zero-order valence-corrected chi connectivity index (χ0v) is 21.1. The first kappa shape index (κ1) is 27.5. The van der Waals surface area contributed by atoms with Gasteiger partial charge in [-0.15, -0.1) is 0 Å². The molecule has 0 radical (unpaired) electrons. The number of hydrogen-bond donors (Lipinski definition) is 1. The van der Waals surface area contributed by atoms with Gasteiger partial charge in [-0.25, -0.2) is 14.2 Å². The summed E-state index contributed by atoms with van der Waals surface area (Å²) in [6.45, 7) is 0.0113. The van der Waals surface area contributed by atoms with Crippen LogP contribution >= 0.6 is 7.60 Å². The van der Waals surface area contributed by atoms with E-state index in [4.69, 9.17) is 23.8 Å². The summed E-state index contributed by atoms with van der Waals surface area (Å²) in [7, 11) is -2.47. The summed E-state index contributed by atoms with van der Waals surface area (Å²) in [6, 6.07) is 25.0. The van der Waals surface area contributed by atoms with Gasteiger partial charge in [0.1, 0.15) is 25.0 Å². The van der Waals surface area contributed by atoms with Crippen LogP contribution in [0.1, 0.15) is 23.1 Å². The van der Waals surface area contributed by atoms with Crippen molar-refractivity contribution in [2.75, 3.05) is 13.3 Å². The van der Waals surface area contributed by atoms with E-state index in [-0.39, 0.29) is 31.5 Å². The maximum Gasteiger partial charge on any atom is 0.408 e. The SMILES string of the molecule is COP(=O)(CCC(NC(=O)OCc1ccccc1)C(=O)OCc1ccccc1)Oc1ccc(C#N)cc1. The molecule has 0 aromatic heterocycles. The first-order valence-corrected chi connectivity index (χ1v) is 13.2. The molecule has 192 valence electrons. The lowest BCUT2D eigenvalue weighted by Gasteiger charge is -2.21. The number of rotatable bonds is 12. The second-order valence-electron chi connectivity index (χ2n) is 7.89. The summed E-state index contributed by atoms with van der Waals surface area (Å²) in [6.07, 6.45) is -1.13. The minimum absolute atomic E-state index is 0.000591. The third-order valence-electron chi connectivity index (χ3n) is 5.21. The van der Waals surface area contributed by atoms with Crippen LogP contribution in [-0.4, -0.2) is 31.4 Å². The molecule has 0 aliphatic heterocycles. The zero-order valence-electron chi connectivity index (χ0n) is 20.2. The van der Waals surface area contributed by atoms with Crippen molar-refractivity contribution >= 4 is 19.7 Å². The number of amides is 1. The first-order valence-electron chi connectivity index (χ1n) is 11.4. The van der Waals surface area contributed by atoms with Crippen LogP contribution in [-0.2, 0) is 36.6 Å². The van der Waals surface area contributed by atoms with E-state index in [2.05, 4.69) is 5.32 Å². The number of esters is 1. The van der Waals surface area contributed by atoms with E-state index in [0.717, 1.165) is 11.1 Å². The molecule has 1 N–H and O–H groups in total. The van der Waals surface area contributed by atoms with Gasteiger partial charge < -0.3 is 23.8 Å². The lowest BCUT2D eigenvalue weighted by atomic mass is 10.2. The molecule has 1 amide bonds. The molecule has 0 saturated heterocycles. The first-order chi connectivity index (χ1) is 17.9. The monoisotopic (exact) mass is 522 g/mol. The molecule has 0 aliphatic rings. The van der Waals surface area contributed by atoms with E-state index in [1.807, 2.05) is 42.5 Å². The van der Waals surface area contributed by atoms with Crippen molar-refractivity contribution in [3.05, 3.63) is 102 Å². The fraction of sp³-hybridized carbons (Fsp3) is 0.222. The minimum atomic E-state index is -3.71. The molecule has 0 bridgehead atoms. The van der Waals surface area contributed by atoms with E-state index in [1.165, 1.54) is 31.4 Å². The maximum absolute atomic E-state index is 13.2. The molecule has 9 nitrogen and oxygen atoms in total. The van der Waals surface area contributed by atoms with Gasteiger partial charge in [-0.2, -0.15) is 5.26 Å². The highest BCUT2D eigenvalue weighted by molar-refractivity contribution is 7.54. The number of nitrogens with zero attached hydrogens (tertiary/aromatic N) is 1. The Morgan fingerprint density at radius 2 is 1.46 bits per heavy atom. The number of carbonyl (C=O) groups is 2. The Balaban J connectivity index is 1.65. The van der Waals surface area contributed by atoms with Gasteiger partial charge >= 0.3 is 19.7 Å². The van der Waals surface area contributed by atoms with E-state index in [1.54, 1.807) is 24.3 Å². The van der Waals surface area contributed by atoms with Gasteiger partial charge in [-0.3, -0.25) is 0 Å². The van der Waals surface area contributed by atoms with Crippen LogP contribution in [0.3, 0.4) is 0 Å². The summed E-state index contributed by atoms with van der Waals surface area (Å²) in [5.41, 5.74) is 1.97. The van der Waals surface area contributed by atoms with Gasteiger partial charge in [0.15, 0.2) is 0 Å². The molecular weight excluding hydrogens is 495 g/mol. The van der Waals surface area contributed by atoms with Crippen molar-refractivity contribution < 1.29 is 32.7 Å². The van der Waals surface area contributed by atoms with E-state index in [9.17, 15) is 14.2 Å². The number of hydrogen-bond acceptors (Lipinski definition) is 8. The zero-order chi connectivity index (χ0) is 26.5. The molecule has 2 unspecified atom stereocenters. The Labute approximate surface area is 215 Å². The second-order valence-corrected chi connectivity index (χ2v) is 10.1. The molecule has 0 heterocycles. The van der Waals surface area contributed by atoms with Crippen LogP contribution in [0.25, 0.3) is 0 Å². The van der Waals surface area contributed by atoms with Crippen LogP contribution in [0, 0.1) is 11.3 Å². The summed E-state index contributed by atoms with van der Waals surface area (Å²) in [5, 5.41) is 11.4. The average Bonchev–Trinajstić information content (AvgIpc) is 2.94. The Morgan fingerprint density at radius 1 is 0.892 bits per heavy atom. The summed E-state index contributed by atoms with van der Waals surface area (Å²) >= 11 is 0. The largest absolute Gasteiger partial charge is 0.459 e. The van der Waals surface area contributed by atoms with Gasteiger partial charge in [0.25, 0.3) is 0 Å². The molecule has 0 aliphatic carbocycles. The van der Waals surface area contributed by atoms with Crippen molar-refractivity contribution in [3.8, 4) is 11.8 Å². The lowest BCUT2D eigenvalue weighted by Crippen LogP contribution is -2.42. The topological polar surface area (TPSA) is 124 Å². The Morgan fingerprint density at radius 3 is 2.00 bits per heavy atom. The number of alkyl carbamates (subject to hydrolysis) is 1.